The van der Waals surface area contributed by atoms with Crippen LogP contribution in [0.15, 0.2) is 0 Å². The van der Waals surface area contributed by atoms with Crippen molar-refractivity contribution in [2.75, 3.05) is 0 Å². The van der Waals surface area contributed by atoms with Gasteiger partial charge >= 0.3 is 0 Å². The van der Waals surface area contributed by atoms with E-state index in [0.717, 1.165) is 5.92 Å². The molecule has 0 saturated heterocycles. The molecule has 106 valence electrons. The highest BCUT2D eigenvalue weighted by atomic mass is 14.3. The third kappa shape index (κ3) is 10.9. The first kappa shape index (κ1) is 19.3. The molecule has 0 aliphatic carbocycles. The highest BCUT2D eigenvalue weighted by Gasteiger charge is 2.21. The Morgan fingerprint density at radius 2 is 1.18 bits per heavy atom. The minimum absolute atomic E-state index is 0.519. The Morgan fingerprint density at radius 1 is 0.765 bits per heavy atom. The molecule has 0 aromatic rings. The molecule has 0 aliphatic heterocycles. The van der Waals surface area contributed by atoms with E-state index in [1.54, 1.807) is 0 Å². The maximum Gasteiger partial charge on any atom is -0.0354 e. The van der Waals surface area contributed by atoms with E-state index in [0.29, 0.717) is 10.8 Å². The van der Waals surface area contributed by atoms with Crippen molar-refractivity contribution >= 4 is 0 Å². The summed E-state index contributed by atoms with van der Waals surface area (Å²) in [4.78, 5) is 0. The maximum absolute atomic E-state index is 2.34. The number of hydrogen-bond acceptors (Lipinski definition) is 0. The fourth-order valence-electron chi connectivity index (χ4n) is 1.85. The molecule has 17 heavy (non-hydrogen) atoms. The summed E-state index contributed by atoms with van der Waals surface area (Å²) in [5, 5.41) is 0. The monoisotopic (exact) mass is 242 g/mol. The van der Waals surface area contributed by atoms with E-state index in [9.17, 15) is 0 Å². The molecule has 0 aromatic heterocycles. The first-order valence-electron chi connectivity index (χ1n) is 7.64. The lowest BCUT2D eigenvalue weighted by Gasteiger charge is -2.29. The van der Waals surface area contributed by atoms with Crippen LogP contribution in [0, 0.1) is 16.7 Å². The van der Waals surface area contributed by atoms with Gasteiger partial charge in [0.05, 0.1) is 0 Å². The van der Waals surface area contributed by atoms with Crippen molar-refractivity contribution in [2.24, 2.45) is 16.7 Å². The lowest BCUT2D eigenvalue weighted by atomic mass is 9.77. The molecule has 0 N–H and O–H groups in total. The molecule has 0 amide bonds. The average Bonchev–Trinajstić information content (AvgIpc) is 2.25. The van der Waals surface area contributed by atoms with Crippen LogP contribution in [0.5, 0.6) is 0 Å². The second kappa shape index (κ2) is 9.00. The molecule has 0 saturated carbocycles. The minimum Gasteiger partial charge on any atom is -0.0654 e. The van der Waals surface area contributed by atoms with E-state index in [1.165, 1.54) is 32.1 Å². The third-order valence-corrected chi connectivity index (χ3v) is 4.27. The van der Waals surface area contributed by atoms with Crippen LogP contribution in [0.2, 0.25) is 0 Å². The van der Waals surface area contributed by atoms with Gasteiger partial charge in [-0.25, -0.2) is 0 Å². The summed E-state index contributed by atoms with van der Waals surface area (Å²) >= 11 is 0. The fraction of sp³-hybridized carbons (Fsp3) is 1.00. The smallest absolute Gasteiger partial charge is 0.0354 e. The van der Waals surface area contributed by atoms with Gasteiger partial charge in [0, 0.05) is 0 Å². The van der Waals surface area contributed by atoms with Gasteiger partial charge in [-0.1, -0.05) is 94.4 Å². The third-order valence-electron chi connectivity index (χ3n) is 4.27. The van der Waals surface area contributed by atoms with Crippen molar-refractivity contribution in [3.63, 3.8) is 0 Å². The minimum atomic E-state index is 0.519. The number of hydrogen-bond donors (Lipinski definition) is 0. The zero-order valence-electron chi connectivity index (χ0n) is 14.1. The van der Waals surface area contributed by atoms with E-state index < -0.39 is 0 Å². The fourth-order valence-corrected chi connectivity index (χ4v) is 1.85. The van der Waals surface area contributed by atoms with E-state index >= 15 is 0 Å². The second-order valence-electron chi connectivity index (χ2n) is 7.13. The lowest BCUT2D eigenvalue weighted by Crippen LogP contribution is -2.19. The van der Waals surface area contributed by atoms with Gasteiger partial charge in [-0.3, -0.25) is 0 Å². The molecule has 0 fully saturated rings. The van der Waals surface area contributed by atoms with Crippen LogP contribution in [0.3, 0.4) is 0 Å². The molecule has 0 radical (unpaired) electrons. The topological polar surface area (TPSA) is 0 Å². The van der Waals surface area contributed by atoms with Gasteiger partial charge in [0.25, 0.3) is 0 Å². The van der Waals surface area contributed by atoms with E-state index in [4.69, 9.17) is 0 Å². The predicted octanol–water partition coefficient (Wildman–Crippen LogP) is 6.69. The molecule has 0 spiro atoms. The van der Waals surface area contributed by atoms with Gasteiger partial charge in [0.15, 0.2) is 0 Å². The van der Waals surface area contributed by atoms with Crippen LogP contribution < -0.4 is 0 Å². The molecular weight excluding hydrogens is 204 g/mol. The van der Waals surface area contributed by atoms with Crippen molar-refractivity contribution in [2.45, 2.75) is 94.4 Å². The summed E-state index contributed by atoms with van der Waals surface area (Å²) in [6, 6.07) is 0. The molecule has 0 bridgehead atoms. The van der Waals surface area contributed by atoms with Gasteiger partial charge < -0.3 is 0 Å². The van der Waals surface area contributed by atoms with Gasteiger partial charge in [0.2, 0.25) is 0 Å². The maximum atomic E-state index is 2.34. The van der Waals surface area contributed by atoms with Crippen molar-refractivity contribution in [1.82, 2.24) is 0 Å². The Balaban J connectivity index is 0. The Bertz CT molecular complexity index is 153. The Labute approximate surface area is 112 Å². The average molecular weight is 242 g/mol. The van der Waals surface area contributed by atoms with E-state index in [1.807, 2.05) is 0 Å². The quantitative estimate of drug-likeness (QED) is 0.503. The Morgan fingerprint density at radius 3 is 1.24 bits per heavy atom. The summed E-state index contributed by atoms with van der Waals surface area (Å²) in [5.41, 5.74) is 1.10. The predicted molar refractivity (Wildman–Crippen MR) is 82.5 cm³/mol. The first-order chi connectivity index (χ1) is 7.64. The van der Waals surface area contributed by atoms with Crippen molar-refractivity contribution in [3.8, 4) is 0 Å². The standard InChI is InChI=1S/C10H22.C7H16/c1-6-8-9(7-2)10(3,4)5;1-5-7(3,4)6-2/h9H,6-8H2,1-5H3;5-6H2,1-4H3. The molecule has 1 unspecified atom stereocenters. The second-order valence-corrected chi connectivity index (χ2v) is 7.13. The van der Waals surface area contributed by atoms with Crippen LogP contribution in [0.4, 0.5) is 0 Å². The molecule has 1 atom stereocenters. The van der Waals surface area contributed by atoms with Crippen LogP contribution in [-0.2, 0) is 0 Å². The normalized spacial score (nSPS) is 13.9. The van der Waals surface area contributed by atoms with Crippen molar-refractivity contribution in [1.29, 1.82) is 0 Å². The van der Waals surface area contributed by atoms with E-state index in [-0.39, 0.29) is 0 Å². The summed E-state index contributed by atoms with van der Waals surface area (Å²) in [7, 11) is 0. The number of rotatable bonds is 5. The SMILES string of the molecule is CCC(C)(C)CC.CCCC(CC)C(C)(C)C. The lowest BCUT2D eigenvalue weighted by molar-refractivity contribution is 0.217. The first-order valence-corrected chi connectivity index (χ1v) is 7.64. The highest BCUT2D eigenvalue weighted by Crippen LogP contribution is 2.31. The van der Waals surface area contributed by atoms with Crippen LogP contribution in [0.25, 0.3) is 0 Å². The van der Waals surface area contributed by atoms with Gasteiger partial charge in [0.1, 0.15) is 0 Å². The summed E-state index contributed by atoms with van der Waals surface area (Å²) in [6.45, 7) is 20.7. The zero-order chi connectivity index (χ0) is 14.1. The van der Waals surface area contributed by atoms with Crippen LogP contribution in [0.1, 0.15) is 94.4 Å². The highest BCUT2D eigenvalue weighted by molar-refractivity contribution is 4.71. The summed E-state index contributed by atoms with van der Waals surface area (Å²) in [6.07, 6.45) is 6.64. The molecule has 0 aromatic carbocycles. The molecule has 0 rings (SSSR count). The summed E-state index contributed by atoms with van der Waals surface area (Å²) in [5.74, 6) is 0.914. The molecule has 0 nitrogen and oxygen atoms in total. The van der Waals surface area contributed by atoms with Gasteiger partial charge in [-0.2, -0.15) is 0 Å². The Hall–Kier alpha value is 0. The molecular formula is C17H38. The van der Waals surface area contributed by atoms with Crippen molar-refractivity contribution < 1.29 is 0 Å². The zero-order valence-corrected chi connectivity index (χ0v) is 14.1. The Kier molecular flexibility index (Phi) is 10.2. The largest absolute Gasteiger partial charge is 0.0654 e. The van der Waals surface area contributed by atoms with Gasteiger partial charge in [-0.05, 0) is 16.7 Å². The van der Waals surface area contributed by atoms with Crippen molar-refractivity contribution in [3.05, 3.63) is 0 Å². The van der Waals surface area contributed by atoms with Crippen LogP contribution in [-0.4, -0.2) is 0 Å². The van der Waals surface area contributed by atoms with Gasteiger partial charge in [-0.15, -0.1) is 0 Å². The molecule has 0 heterocycles. The summed E-state index contributed by atoms with van der Waals surface area (Å²) < 4.78 is 0. The van der Waals surface area contributed by atoms with Crippen LogP contribution >= 0.6 is 0 Å². The molecule has 0 aliphatic rings. The molecule has 0 heteroatoms. The van der Waals surface area contributed by atoms with E-state index in [2.05, 4.69) is 62.3 Å².